The van der Waals surface area contributed by atoms with Crippen LogP contribution >= 0.6 is 0 Å². The highest BCUT2D eigenvalue weighted by Gasteiger charge is 2.31. The zero-order chi connectivity index (χ0) is 24.6. The first-order valence-corrected chi connectivity index (χ1v) is 12.2. The summed E-state index contributed by atoms with van der Waals surface area (Å²) in [5.74, 6) is 0.826. The van der Waals surface area contributed by atoms with E-state index in [2.05, 4.69) is 20.4 Å². The molecule has 0 saturated heterocycles. The molecule has 9 nitrogen and oxygen atoms in total. The smallest absolute Gasteiger partial charge is 0.263 e. The van der Waals surface area contributed by atoms with Crippen LogP contribution in [0, 0.1) is 11.3 Å². The fraction of sp³-hybridized carbons (Fsp3) is 0.318. The number of aromatic nitrogens is 4. The van der Waals surface area contributed by atoms with Crippen molar-refractivity contribution in [2.24, 2.45) is 0 Å². The molecule has 1 fully saturated rings. The molecule has 2 heterocycles. The van der Waals surface area contributed by atoms with Crippen LogP contribution < -0.4 is 5.32 Å². The fourth-order valence-electron chi connectivity index (χ4n) is 3.32. The summed E-state index contributed by atoms with van der Waals surface area (Å²) >= 11 is 0. The molecule has 1 aromatic carbocycles. The molecule has 1 saturated carbocycles. The summed E-state index contributed by atoms with van der Waals surface area (Å²) in [5, 5.41) is 16.2. The Morgan fingerprint density at radius 2 is 2.00 bits per heavy atom. The van der Waals surface area contributed by atoms with Crippen molar-refractivity contribution in [3.05, 3.63) is 64.9 Å². The second kappa shape index (κ2) is 8.90. The van der Waals surface area contributed by atoms with E-state index in [4.69, 9.17) is 5.26 Å². The second-order valence-electron chi connectivity index (χ2n) is 8.09. The van der Waals surface area contributed by atoms with Gasteiger partial charge >= 0.3 is 0 Å². The van der Waals surface area contributed by atoms with E-state index in [9.17, 15) is 22.0 Å². The maximum absolute atomic E-state index is 13.3. The van der Waals surface area contributed by atoms with Crippen molar-refractivity contribution in [3.63, 3.8) is 0 Å². The summed E-state index contributed by atoms with van der Waals surface area (Å²) in [4.78, 5) is 21.3. The van der Waals surface area contributed by atoms with Crippen molar-refractivity contribution < 1.29 is 22.0 Å². The Hall–Kier alpha value is -3.72. The molecule has 4 rings (SSSR count). The molecule has 3 aromatic rings. The maximum Gasteiger partial charge on any atom is 0.263 e. The van der Waals surface area contributed by atoms with E-state index < -0.39 is 33.8 Å². The van der Waals surface area contributed by atoms with Crippen molar-refractivity contribution in [2.45, 2.75) is 43.0 Å². The lowest BCUT2D eigenvalue weighted by Gasteiger charge is -2.15. The summed E-state index contributed by atoms with van der Waals surface area (Å²) in [7, 11) is -3.81. The molecular weight excluding hydrogens is 466 g/mol. The lowest BCUT2D eigenvalue weighted by Crippen LogP contribution is -2.29. The topological polar surface area (TPSA) is 131 Å². The minimum absolute atomic E-state index is 0.210. The van der Waals surface area contributed by atoms with Gasteiger partial charge in [-0.05, 0) is 50.1 Å². The van der Waals surface area contributed by atoms with Gasteiger partial charge in [0, 0.05) is 29.5 Å². The Kier molecular flexibility index (Phi) is 6.14. The van der Waals surface area contributed by atoms with Gasteiger partial charge in [-0.3, -0.25) is 4.79 Å². The third-order valence-electron chi connectivity index (χ3n) is 5.29. The van der Waals surface area contributed by atoms with Gasteiger partial charge in [0.05, 0.1) is 16.5 Å². The number of halogens is 2. The SMILES string of the molecule is C[C@H](NC(=O)c1cc(C(F)F)cc(S(C)(=O)=O)c1)c1nc(C2CC2)nn1-c1ccc(C#N)cn1. The molecule has 12 heteroatoms. The van der Waals surface area contributed by atoms with E-state index in [-0.39, 0.29) is 16.4 Å². The van der Waals surface area contributed by atoms with Gasteiger partial charge in [0.15, 0.2) is 27.3 Å². The summed E-state index contributed by atoms with van der Waals surface area (Å²) in [6.07, 6.45) is 1.22. The van der Waals surface area contributed by atoms with Crippen LogP contribution in [0.5, 0.6) is 0 Å². The van der Waals surface area contributed by atoms with E-state index in [0.717, 1.165) is 37.3 Å². The number of amides is 1. The molecule has 1 N–H and O–H groups in total. The lowest BCUT2D eigenvalue weighted by atomic mass is 10.1. The van der Waals surface area contributed by atoms with Gasteiger partial charge in [-0.1, -0.05) is 0 Å². The maximum atomic E-state index is 13.3. The van der Waals surface area contributed by atoms with Crippen LogP contribution in [-0.2, 0) is 9.84 Å². The van der Waals surface area contributed by atoms with Crippen molar-refractivity contribution in [1.82, 2.24) is 25.1 Å². The molecule has 1 amide bonds. The highest BCUT2D eigenvalue weighted by atomic mass is 32.2. The number of nitriles is 1. The molecular formula is C22H20F2N6O3S. The van der Waals surface area contributed by atoms with Gasteiger partial charge in [0.2, 0.25) is 0 Å². The lowest BCUT2D eigenvalue weighted by molar-refractivity contribution is 0.0937. The number of nitrogens with one attached hydrogen (secondary N) is 1. The number of carbonyl (C=O) groups is 1. The van der Waals surface area contributed by atoms with Crippen LogP contribution in [0.4, 0.5) is 8.78 Å². The first kappa shape index (κ1) is 23.4. The third-order valence-corrected chi connectivity index (χ3v) is 6.38. The predicted molar refractivity (Wildman–Crippen MR) is 116 cm³/mol. The summed E-state index contributed by atoms with van der Waals surface area (Å²) in [6.45, 7) is 1.65. The Balaban J connectivity index is 1.66. The average molecular weight is 487 g/mol. The zero-order valence-corrected chi connectivity index (χ0v) is 19.1. The molecule has 1 atom stereocenters. The van der Waals surface area contributed by atoms with Gasteiger partial charge in [-0.2, -0.15) is 9.94 Å². The Labute approximate surface area is 194 Å². The van der Waals surface area contributed by atoms with Crippen LogP contribution in [-0.4, -0.2) is 40.3 Å². The number of rotatable bonds is 7. The first-order valence-electron chi connectivity index (χ1n) is 10.3. The number of hydrogen-bond acceptors (Lipinski definition) is 7. The summed E-state index contributed by atoms with van der Waals surface area (Å²) in [6, 6.07) is 7.33. The normalized spacial score (nSPS) is 14.6. The molecule has 2 aromatic heterocycles. The molecule has 34 heavy (non-hydrogen) atoms. The zero-order valence-electron chi connectivity index (χ0n) is 18.2. The van der Waals surface area contributed by atoms with E-state index in [1.54, 1.807) is 19.1 Å². The van der Waals surface area contributed by atoms with Crippen LogP contribution in [0.2, 0.25) is 0 Å². The number of sulfone groups is 1. The molecule has 1 aliphatic carbocycles. The van der Waals surface area contributed by atoms with Crippen LogP contribution in [0.25, 0.3) is 5.82 Å². The standard InChI is InChI=1S/C22H20F2N6O3S/c1-12(27-22(31)16-7-15(19(23)24)8-17(9-16)34(2,32)33)21-28-20(14-4-5-14)29-30(21)18-6-3-13(10-25)11-26-18/h3,6-9,11-12,14,19H,4-5H2,1-2H3,(H,27,31)/t12-/m0/s1. The molecule has 0 radical (unpaired) electrons. The van der Waals surface area contributed by atoms with Gasteiger partial charge in [0.1, 0.15) is 6.07 Å². The van der Waals surface area contributed by atoms with Gasteiger partial charge in [0.25, 0.3) is 12.3 Å². The number of pyridine rings is 1. The number of hydrogen-bond donors (Lipinski definition) is 1. The van der Waals surface area contributed by atoms with Gasteiger partial charge in [-0.15, -0.1) is 5.10 Å². The largest absolute Gasteiger partial charge is 0.342 e. The first-order chi connectivity index (χ1) is 16.1. The van der Waals surface area contributed by atoms with Crippen molar-refractivity contribution in [2.75, 3.05) is 6.26 Å². The molecule has 0 bridgehead atoms. The minimum atomic E-state index is -3.81. The average Bonchev–Trinajstić information content (AvgIpc) is 3.56. The molecule has 1 aliphatic rings. The number of alkyl halides is 2. The number of benzene rings is 1. The van der Waals surface area contributed by atoms with E-state index >= 15 is 0 Å². The van der Waals surface area contributed by atoms with Crippen LogP contribution in [0.3, 0.4) is 0 Å². The van der Waals surface area contributed by atoms with Crippen molar-refractivity contribution in [1.29, 1.82) is 5.26 Å². The van der Waals surface area contributed by atoms with Crippen molar-refractivity contribution in [3.8, 4) is 11.9 Å². The predicted octanol–water partition coefficient (Wildman–Crippen LogP) is 3.24. The highest BCUT2D eigenvalue weighted by molar-refractivity contribution is 7.90. The van der Waals surface area contributed by atoms with Crippen molar-refractivity contribution >= 4 is 15.7 Å². The van der Waals surface area contributed by atoms with Crippen LogP contribution in [0.15, 0.2) is 41.4 Å². The van der Waals surface area contributed by atoms with Crippen LogP contribution in [0.1, 0.15) is 71.3 Å². The molecule has 0 unspecified atom stereocenters. The number of carbonyl (C=O) groups excluding carboxylic acids is 1. The van der Waals surface area contributed by atoms with E-state index in [1.807, 2.05) is 6.07 Å². The Bertz CT molecular complexity index is 1390. The monoisotopic (exact) mass is 486 g/mol. The van der Waals surface area contributed by atoms with E-state index in [1.165, 1.54) is 10.9 Å². The minimum Gasteiger partial charge on any atom is -0.342 e. The van der Waals surface area contributed by atoms with E-state index in [0.29, 0.717) is 23.0 Å². The fourth-order valence-corrected chi connectivity index (χ4v) is 4.01. The molecule has 0 spiro atoms. The second-order valence-corrected chi connectivity index (χ2v) is 10.1. The number of nitrogens with zero attached hydrogens (tertiary/aromatic N) is 5. The third kappa shape index (κ3) is 4.94. The van der Waals surface area contributed by atoms with Gasteiger partial charge in [-0.25, -0.2) is 27.2 Å². The molecule has 176 valence electrons. The summed E-state index contributed by atoms with van der Waals surface area (Å²) < 4.78 is 51.9. The van der Waals surface area contributed by atoms with Gasteiger partial charge < -0.3 is 5.32 Å². The Morgan fingerprint density at radius 1 is 1.26 bits per heavy atom. The Morgan fingerprint density at radius 3 is 2.56 bits per heavy atom. The quantitative estimate of drug-likeness (QED) is 0.542. The molecule has 0 aliphatic heterocycles. The summed E-state index contributed by atoms with van der Waals surface area (Å²) in [5.41, 5.74) is -0.411. The highest BCUT2D eigenvalue weighted by Crippen LogP contribution is 2.38.